The van der Waals surface area contributed by atoms with Crippen LogP contribution in [-0.4, -0.2) is 72.2 Å². The molecule has 12 heteroatoms. The first-order valence-electron chi connectivity index (χ1n) is 19.8. The predicted octanol–water partition coefficient (Wildman–Crippen LogP) is 4.47. The number of hydrogen-bond donors (Lipinski definition) is 7. The zero-order valence-corrected chi connectivity index (χ0v) is 35.5. The summed E-state index contributed by atoms with van der Waals surface area (Å²) in [5, 5.41) is 12.0. The van der Waals surface area contributed by atoms with Crippen molar-refractivity contribution in [3.05, 3.63) is 34.9 Å². The summed E-state index contributed by atoms with van der Waals surface area (Å²) >= 11 is 0. The normalized spacial score (nSPS) is 15.2. The molecule has 0 bridgehead atoms. The van der Waals surface area contributed by atoms with Gasteiger partial charge in [-0.1, -0.05) is 80.5 Å². The highest BCUT2D eigenvalue weighted by Crippen LogP contribution is 2.24. The number of hydrogen-bond acceptors (Lipinski definition) is 8. The van der Waals surface area contributed by atoms with Crippen LogP contribution in [0.4, 0.5) is 4.79 Å². The van der Waals surface area contributed by atoms with Crippen molar-refractivity contribution in [2.24, 2.45) is 39.9 Å². The molecule has 0 aromatic heterocycles. The van der Waals surface area contributed by atoms with Gasteiger partial charge in [-0.05, 0) is 107 Å². The molecule has 1 aromatic carbocycles. The highest BCUT2D eigenvalue weighted by atomic mass is 16.2. The fraction of sp³-hybridized carbons (Fsp3) is 0.738. The van der Waals surface area contributed by atoms with Crippen LogP contribution in [0.25, 0.3) is 0 Å². The topological polar surface area (TPSA) is 212 Å². The van der Waals surface area contributed by atoms with E-state index in [9.17, 15) is 24.0 Å². The molecule has 5 atom stereocenters. The fourth-order valence-electron chi connectivity index (χ4n) is 6.52. The number of benzene rings is 1. The Bertz CT molecular complexity index is 1390. The van der Waals surface area contributed by atoms with E-state index >= 15 is 0 Å². The molecule has 0 radical (unpaired) electrons. The summed E-state index contributed by atoms with van der Waals surface area (Å²) in [6.45, 7) is 24.1. The van der Waals surface area contributed by atoms with Gasteiger partial charge in [-0.25, -0.2) is 4.79 Å². The lowest BCUT2D eigenvalue weighted by atomic mass is 9.84. The van der Waals surface area contributed by atoms with Crippen LogP contribution in [0.5, 0.6) is 0 Å². The molecule has 0 fully saturated rings. The van der Waals surface area contributed by atoms with Crippen LogP contribution in [0.15, 0.2) is 18.2 Å². The van der Waals surface area contributed by atoms with Gasteiger partial charge in [0, 0.05) is 22.9 Å². The summed E-state index contributed by atoms with van der Waals surface area (Å²) < 4.78 is 0. The van der Waals surface area contributed by atoms with E-state index in [2.05, 4.69) is 53.3 Å². The first-order valence-corrected chi connectivity index (χ1v) is 19.8. The molecule has 0 aliphatic rings. The molecule has 308 valence electrons. The lowest BCUT2D eigenvalue weighted by Gasteiger charge is -2.34. The molecule has 1 rings (SSSR count). The number of amides is 4. The molecule has 0 aliphatic heterocycles. The van der Waals surface area contributed by atoms with E-state index in [1.54, 1.807) is 0 Å². The van der Waals surface area contributed by atoms with Crippen molar-refractivity contribution in [3.63, 3.8) is 0 Å². The number of Topliss-reactive ketones (excluding diaryl/α,β-unsaturated/α-hetero) is 2. The number of unbranched alkanes of at least 4 members (excludes halogenated alkanes) is 1. The highest BCUT2D eigenvalue weighted by Gasteiger charge is 2.35. The second-order valence-corrected chi connectivity index (χ2v) is 18.6. The molecule has 0 saturated carbocycles. The highest BCUT2D eigenvalue weighted by molar-refractivity contribution is 5.94. The Kier molecular flexibility index (Phi) is 19.5. The van der Waals surface area contributed by atoms with Crippen molar-refractivity contribution in [2.75, 3.05) is 13.1 Å². The van der Waals surface area contributed by atoms with Crippen molar-refractivity contribution >= 4 is 29.4 Å². The molecule has 54 heavy (non-hydrogen) atoms. The van der Waals surface area contributed by atoms with Crippen LogP contribution in [-0.2, 0) is 38.4 Å². The van der Waals surface area contributed by atoms with E-state index in [4.69, 9.17) is 17.2 Å². The van der Waals surface area contributed by atoms with Gasteiger partial charge < -0.3 is 38.5 Å². The number of carbonyl (C=O) groups excluding carboxylic acids is 5. The average molecular weight is 758 g/mol. The zero-order chi connectivity index (χ0) is 41.6. The summed E-state index contributed by atoms with van der Waals surface area (Å²) in [4.78, 5) is 65.5. The second kappa shape index (κ2) is 21.7. The molecule has 0 saturated heterocycles. The molecule has 0 aliphatic carbocycles. The van der Waals surface area contributed by atoms with Crippen molar-refractivity contribution in [1.29, 1.82) is 0 Å². The van der Waals surface area contributed by atoms with Gasteiger partial charge in [0.1, 0.15) is 0 Å². The summed E-state index contributed by atoms with van der Waals surface area (Å²) in [5.41, 5.74) is 18.8. The molecule has 0 heterocycles. The van der Waals surface area contributed by atoms with Gasteiger partial charge in [0.2, 0.25) is 11.8 Å². The van der Waals surface area contributed by atoms with Crippen LogP contribution >= 0.6 is 0 Å². The molecule has 10 N–H and O–H groups in total. The Morgan fingerprint density at radius 2 is 1.24 bits per heavy atom. The van der Waals surface area contributed by atoms with Crippen molar-refractivity contribution in [1.82, 2.24) is 21.3 Å². The maximum absolute atomic E-state index is 14.1. The average Bonchev–Trinajstić information content (AvgIpc) is 3.03. The lowest BCUT2D eigenvalue weighted by molar-refractivity contribution is -0.134. The quantitative estimate of drug-likeness (QED) is 0.0837. The van der Waals surface area contributed by atoms with E-state index in [0.29, 0.717) is 51.1 Å². The fourth-order valence-corrected chi connectivity index (χ4v) is 6.52. The van der Waals surface area contributed by atoms with Gasteiger partial charge in [-0.15, -0.1) is 0 Å². The van der Waals surface area contributed by atoms with Gasteiger partial charge in [0.05, 0.1) is 24.2 Å². The minimum atomic E-state index is -0.870. The van der Waals surface area contributed by atoms with Gasteiger partial charge in [-0.3, -0.25) is 19.2 Å². The Labute approximate surface area is 326 Å². The van der Waals surface area contributed by atoms with E-state index in [1.807, 2.05) is 69.2 Å². The largest absolute Gasteiger partial charge is 0.352 e. The first kappa shape index (κ1) is 48.7. The molecule has 4 amide bonds. The summed E-state index contributed by atoms with van der Waals surface area (Å²) in [5.74, 6) is -0.584. The molecular formula is C42H75N7O5. The van der Waals surface area contributed by atoms with Crippen molar-refractivity contribution in [2.45, 2.75) is 164 Å². The molecular weight excluding hydrogens is 683 g/mol. The number of primary amides is 1. The molecule has 0 spiro atoms. The Morgan fingerprint density at radius 1 is 0.704 bits per heavy atom. The maximum atomic E-state index is 14.1. The summed E-state index contributed by atoms with van der Waals surface area (Å²) in [6.07, 6.45) is 4.46. The number of urea groups is 1. The second-order valence-electron chi connectivity index (χ2n) is 18.6. The van der Waals surface area contributed by atoms with E-state index in [1.165, 1.54) is 0 Å². The third-order valence-corrected chi connectivity index (χ3v) is 9.33. The van der Waals surface area contributed by atoms with Crippen molar-refractivity contribution in [3.8, 4) is 0 Å². The van der Waals surface area contributed by atoms with Gasteiger partial charge in [0.25, 0.3) is 0 Å². The Balaban J connectivity index is 3.37. The van der Waals surface area contributed by atoms with Gasteiger partial charge in [0.15, 0.2) is 11.6 Å². The Hall–Kier alpha value is -3.35. The predicted molar refractivity (Wildman–Crippen MR) is 219 cm³/mol. The third kappa shape index (κ3) is 17.9. The number of carbonyl (C=O) groups is 5. The van der Waals surface area contributed by atoms with Crippen LogP contribution < -0.4 is 38.5 Å². The zero-order valence-electron chi connectivity index (χ0n) is 35.5. The van der Waals surface area contributed by atoms with Crippen LogP contribution in [0.2, 0.25) is 0 Å². The number of ketones is 2. The smallest absolute Gasteiger partial charge is 0.312 e. The van der Waals surface area contributed by atoms with E-state index in [-0.39, 0.29) is 29.3 Å². The number of nitrogens with one attached hydrogen (secondary N) is 4. The third-order valence-electron chi connectivity index (χ3n) is 9.33. The van der Waals surface area contributed by atoms with Gasteiger partial charge in [-0.2, -0.15) is 0 Å². The summed E-state index contributed by atoms with van der Waals surface area (Å²) in [7, 11) is 0. The first-order chi connectivity index (χ1) is 24.8. The van der Waals surface area contributed by atoms with E-state index < -0.39 is 46.6 Å². The summed E-state index contributed by atoms with van der Waals surface area (Å²) in [6, 6.07) is 2.73. The van der Waals surface area contributed by atoms with Crippen molar-refractivity contribution < 1.29 is 24.0 Å². The molecule has 3 unspecified atom stereocenters. The van der Waals surface area contributed by atoms with E-state index in [0.717, 1.165) is 36.0 Å². The number of nitrogens with two attached hydrogens (primary N) is 3. The van der Waals surface area contributed by atoms with Gasteiger partial charge >= 0.3 is 6.03 Å². The standard InChI is InChI=1S/C42H75N7O5/c1-26(2)22-29-19-18-28(24-30(29)25-31(44)37(52)47-32(16-13-14-20-43)35(50)40(4,5)6)23-27(3)34(49-42(10,11)12)38(53)48-33(36(51)41(7,8)9)17-15-21-46-39(45)54/h18-19,24,26-27,31-34,49H,13-17,20-23,25,43-44H2,1-12H3,(H,47,52)(H,48,53)(H3,45,46,54)/t27?,31?,32?,33-,34-/m0/s1. The minimum absolute atomic E-state index is 0.0341. The van der Waals surface area contributed by atoms with Crippen LogP contribution in [0.3, 0.4) is 0 Å². The van der Waals surface area contributed by atoms with Crippen LogP contribution in [0.1, 0.15) is 132 Å². The minimum Gasteiger partial charge on any atom is -0.352 e. The lowest BCUT2D eigenvalue weighted by Crippen LogP contribution is -2.58. The monoisotopic (exact) mass is 758 g/mol. The number of rotatable bonds is 22. The molecule has 12 nitrogen and oxygen atoms in total. The molecule has 1 aromatic rings. The SMILES string of the molecule is CC(C)Cc1ccc(CC(C)[C@H](NC(C)(C)C)C(=O)N[C@@H](CCCNC(N)=O)C(=O)C(C)(C)C)cc1CC(N)C(=O)NC(CCCCN)C(=O)C(C)(C)C. The van der Waals surface area contributed by atoms with Crippen LogP contribution in [0, 0.1) is 22.7 Å². The Morgan fingerprint density at radius 3 is 1.72 bits per heavy atom. The maximum Gasteiger partial charge on any atom is 0.312 e.